The average Bonchev–Trinajstić information content (AvgIpc) is 2.83. The molecule has 2 rings (SSSR count). The van der Waals surface area contributed by atoms with Crippen LogP contribution in [0.25, 0.3) is 0 Å². The van der Waals surface area contributed by atoms with Gasteiger partial charge in [-0.05, 0) is 49.8 Å². The van der Waals surface area contributed by atoms with Crippen LogP contribution in [0.2, 0.25) is 0 Å². The zero-order valence-corrected chi connectivity index (χ0v) is 8.39. The van der Waals surface area contributed by atoms with Gasteiger partial charge >= 0.3 is 0 Å². The first kappa shape index (κ1) is 9.66. The van der Waals surface area contributed by atoms with Crippen molar-refractivity contribution >= 4 is 0 Å². The van der Waals surface area contributed by atoms with Crippen LogP contribution in [0.5, 0.6) is 0 Å². The topological polar surface area (TPSA) is 20.2 Å². The number of benzene rings is 1. The van der Waals surface area contributed by atoms with Crippen LogP contribution >= 0.6 is 0 Å². The molecule has 76 valence electrons. The van der Waals surface area contributed by atoms with Crippen molar-refractivity contribution in [3.05, 3.63) is 35.1 Å². The fourth-order valence-electron chi connectivity index (χ4n) is 1.62. The Morgan fingerprint density at radius 1 is 1.43 bits per heavy atom. The summed E-state index contributed by atoms with van der Waals surface area (Å²) in [4.78, 5) is 0. The van der Waals surface area contributed by atoms with Crippen molar-refractivity contribution in [3.8, 4) is 0 Å². The molecule has 0 bridgehead atoms. The van der Waals surface area contributed by atoms with E-state index in [1.165, 1.54) is 0 Å². The maximum atomic E-state index is 13.4. The molecule has 0 unspecified atom stereocenters. The molecular formula is C12H15FO. The lowest BCUT2D eigenvalue weighted by Crippen LogP contribution is -2.08. The minimum absolute atomic E-state index is 0.144. The van der Waals surface area contributed by atoms with E-state index in [4.69, 9.17) is 0 Å². The van der Waals surface area contributed by atoms with Crippen molar-refractivity contribution < 1.29 is 9.50 Å². The van der Waals surface area contributed by atoms with E-state index in [-0.39, 0.29) is 5.82 Å². The Kier molecular flexibility index (Phi) is 2.31. The lowest BCUT2D eigenvalue weighted by molar-refractivity contribution is 0.140. The number of halogens is 1. The van der Waals surface area contributed by atoms with Crippen LogP contribution in [0, 0.1) is 12.7 Å². The third-order valence-electron chi connectivity index (χ3n) is 2.90. The third-order valence-corrected chi connectivity index (χ3v) is 2.90. The Morgan fingerprint density at radius 2 is 2.14 bits per heavy atom. The van der Waals surface area contributed by atoms with Crippen LogP contribution < -0.4 is 0 Å². The predicted octanol–water partition coefficient (Wildman–Crippen LogP) is 2.59. The fourth-order valence-corrected chi connectivity index (χ4v) is 1.62. The standard InChI is InChI=1S/C12H15FO/c1-9-2-3-10(11(13)8-9)4-5-12(14)6-7-12/h2-3,8,14H,4-7H2,1H3. The summed E-state index contributed by atoms with van der Waals surface area (Å²) >= 11 is 0. The highest BCUT2D eigenvalue weighted by Gasteiger charge is 2.39. The molecule has 1 aromatic rings. The molecule has 14 heavy (non-hydrogen) atoms. The Morgan fingerprint density at radius 3 is 2.71 bits per heavy atom. The molecule has 0 amide bonds. The summed E-state index contributed by atoms with van der Waals surface area (Å²) in [5, 5.41) is 9.61. The molecular weight excluding hydrogens is 179 g/mol. The quantitative estimate of drug-likeness (QED) is 0.784. The molecule has 2 heteroatoms. The normalized spacial score (nSPS) is 18.2. The minimum Gasteiger partial charge on any atom is -0.390 e. The van der Waals surface area contributed by atoms with Gasteiger partial charge in [-0.15, -0.1) is 0 Å². The SMILES string of the molecule is Cc1ccc(CCC2(O)CC2)c(F)c1. The molecule has 0 spiro atoms. The molecule has 1 aliphatic rings. The second kappa shape index (κ2) is 3.35. The number of rotatable bonds is 3. The van der Waals surface area contributed by atoms with E-state index in [0.29, 0.717) is 12.8 Å². The van der Waals surface area contributed by atoms with Gasteiger partial charge in [0.15, 0.2) is 0 Å². The van der Waals surface area contributed by atoms with Crippen LogP contribution in [0.15, 0.2) is 18.2 Å². The second-order valence-electron chi connectivity index (χ2n) is 4.32. The fraction of sp³-hybridized carbons (Fsp3) is 0.500. The van der Waals surface area contributed by atoms with Gasteiger partial charge in [0, 0.05) is 0 Å². The van der Waals surface area contributed by atoms with Gasteiger partial charge in [0.2, 0.25) is 0 Å². The Bertz CT molecular complexity index is 342. The molecule has 0 aromatic heterocycles. The summed E-state index contributed by atoms with van der Waals surface area (Å²) in [7, 11) is 0. The van der Waals surface area contributed by atoms with E-state index in [1.54, 1.807) is 6.07 Å². The third kappa shape index (κ3) is 2.13. The van der Waals surface area contributed by atoms with E-state index in [9.17, 15) is 9.50 Å². The molecule has 1 saturated carbocycles. The van der Waals surface area contributed by atoms with Gasteiger partial charge in [-0.3, -0.25) is 0 Å². The predicted molar refractivity (Wildman–Crippen MR) is 53.6 cm³/mol. The monoisotopic (exact) mass is 194 g/mol. The molecule has 0 atom stereocenters. The Balaban J connectivity index is 2.02. The van der Waals surface area contributed by atoms with Crippen LogP contribution in [0.3, 0.4) is 0 Å². The van der Waals surface area contributed by atoms with Crippen LogP contribution in [0.4, 0.5) is 4.39 Å². The van der Waals surface area contributed by atoms with Crippen molar-refractivity contribution in [2.24, 2.45) is 0 Å². The van der Waals surface area contributed by atoms with Gasteiger partial charge < -0.3 is 5.11 Å². The molecule has 0 heterocycles. The molecule has 1 fully saturated rings. The van der Waals surface area contributed by atoms with Gasteiger partial charge in [-0.1, -0.05) is 12.1 Å². The molecule has 1 aromatic carbocycles. The van der Waals surface area contributed by atoms with E-state index < -0.39 is 5.60 Å². The van der Waals surface area contributed by atoms with Crippen molar-refractivity contribution in [1.29, 1.82) is 0 Å². The van der Waals surface area contributed by atoms with Crippen LogP contribution in [-0.2, 0) is 6.42 Å². The molecule has 0 saturated heterocycles. The Labute approximate surface area is 83.6 Å². The highest BCUT2D eigenvalue weighted by molar-refractivity contribution is 5.23. The van der Waals surface area contributed by atoms with Gasteiger partial charge in [0.05, 0.1) is 5.60 Å². The van der Waals surface area contributed by atoms with Crippen LogP contribution in [0.1, 0.15) is 30.4 Å². The first-order valence-electron chi connectivity index (χ1n) is 5.06. The summed E-state index contributed by atoms with van der Waals surface area (Å²) < 4.78 is 13.4. The van der Waals surface area contributed by atoms with Crippen molar-refractivity contribution in [3.63, 3.8) is 0 Å². The highest BCUT2D eigenvalue weighted by atomic mass is 19.1. The van der Waals surface area contributed by atoms with E-state index in [0.717, 1.165) is 24.0 Å². The number of aryl methyl sites for hydroxylation is 2. The number of hydrogen-bond acceptors (Lipinski definition) is 1. The zero-order valence-electron chi connectivity index (χ0n) is 8.39. The van der Waals surface area contributed by atoms with Crippen LogP contribution in [-0.4, -0.2) is 10.7 Å². The smallest absolute Gasteiger partial charge is 0.126 e. The number of hydrogen-bond donors (Lipinski definition) is 1. The first-order valence-corrected chi connectivity index (χ1v) is 5.06. The summed E-state index contributed by atoms with van der Waals surface area (Å²) in [6.45, 7) is 1.88. The summed E-state index contributed by atoms with van der Waals surface area (Å²) in [5.41, 5.74) is 1.18. The van der Waals surface area contributed by atoms with Crippen molar-refractivity contribution in [2.75, 3.05) is 0 Å². The second-order valence-corrected chi connectivity index (χ2v) is 4.32. The largest absolute Gasteiger partial charge is 0.390 e. The molecule has 1 N–H and O–H groups in total. The molecule has 1 nitrogen and oxygen atoms in total. The van der Waals surface area contributed by atoms with Crippen molar-refractivity contribution in [1.82, 2.24) is 0 Å². The zero-order chi connectivity index (χ0) is 10.2. The van der Waals surface area contributed by atoms with Gasteiger partial charge in [0.1, 0.15) is 5.82 Å². The van der Waals surface area contributed by atoms with E-state index >= 15 is 0 Å². The van der Waals surface area contributed by atoms with Gasteiger partial charge in [-0.25, -0.2) is 4.39 Å². The lowest BCUT2D eigenvalue weighted by atomic mass is 10.0. The molecule has 0 aliphatic heterocycles. The van der Waals surface area contributed by atoms with E-state index in [1.807, 2.05) is 19.1 Å². The maximum Gasteiger partial charge on any atom is 0.126 e. The number of aliphatic hydroxyl groups is 1. The average molecular weight is 194 g/mol. The minimum atomic E-state index is -0.475. The molecule has 1 aliphatic carbocycles. The Hall–Kier alpha value is -0.890. The summed E-state index contributed by atoms with van der Waals surface area (Å²) in [6.07, 6.45) is 3.08. The van der Waals surface area contributed by atoms with E-state index in [2.05, 4.69) is 0 Å². The first-order chi connectivity index (χ1) is 6.59. The summed E-state index contributed by atoms with van der Waals surface area (Å²) in [5.74, 6) is -0.144. The van der Waals surface area contributed by atoms with Crippen molar-refractivity contribution in [2.45, 2.75) is 38.2 Å². The van der Waals surface area contributed by atoms with Gasteiger partial charge in [-0.2, -0.15) is 0 Å². The summed E-state index contributed by atoms with van der Waals surface area (Å²) in [6, 6.07) is 5.28. The lowest BCUT2D eigenvalue weighted by Gasteiger charge is -2.08. The molecule has 0 radical (unpaired) electrons. The maximum absolute atomic E-state index is 13.4. The highest BCUT2D eigenvalue weighted by Crippen LogP contribution is 2.39. The van der Waals surface area contributed by atoms with Gasteiger partial charge in [0.25, 0.3) is 0 Å².